The number of carbonyl (C=O) groups is 2. The smallest absolute Gasteiger partial charge is 0.339 e. The van der Waals surface area contributed by atoms with Crippen molar-refractivity contribution in [3.63, 3.8) is 0 Å². The fourth-order valence-electron chi connectivity index (χ4n) is 2.82. The molecule has 0 saturated heterocycles. The molecule has 2 aromatic rings. The Hall–Kier alpha value is -3.07. The molecule has 1 aromatic heterocycles. The van der Waals surface area contributed by atoms with Crippen molar-refractivity contribution in [3.8, 4) is 0 Å². The van der Waals surface area contributed by atoms with Crippen LogP contribution >= 0.6 is 11.8 Å². The van der Waals surface area contributed by atoms with E-state index in [1.54, 1.807) is 32.2 Å². The summed E-state index contributed by atoms with van der Waals surface area (Å²) in [4.78, 5) is 32.0. The lowest BCUT2D eigenvalue weighted by atomic mass is 10.1. The van der Waals surface area contributed by atoms with Gasteiger partial charge in [-0.3, -0.25) is 10.2 Å². The second kappa shape index (κ2) is 10.3. The van der Waals surface area contributed by atoms with Gasteiger partial charge in [-0.2, -0.15) is 5.10 Å². The van der Waals surface area contributed by atoms with Gasteiger partial charge in [0.2, 0.25) is 0 Å². The van der Waals surface area contributed by atoms with Gasteiger partial charge in [-0.1, -0.05) is 17.8 Å². The number of aromatic nitrogens is 1. The number of hydrazone groups is 1. The van der Waals surface area contributed by atoms with Crippen molar-refractivity contribution >= 4 is 40.7 Å². The highest BCUT2D eigenvalue weighted by Gasteiger charge is 2.24. The Bertz CT molecular complexity index is 1020. The molecule has 0 atom stereocenters. The van der Waals surface area contributed by atoms with Crippen LogP contribution < -0.4 is 10.7 Å². The predicted molar refractivity (Wildman–Crippen MR) is 124 cm³/mol. The highest BCUT2D eigenvalue weighted by molar-refractivity contribution is 8.13. The number of H-pyrrole nitrogens is 1. The number of rotatable bonds is 7. The quantitative estimate of drug-likeness (QED) is 0.263. The van der Waals surface area contributed by atoms with Crippen molar-refractivity contribution in [1.29, 1.82) is 0 Å². The number of hydrogen-bond acceptors (Lipinski definition) is 6. The van der Waals surface area contributed by atoms with Crippen molar-refractivity contribution in [2.24, 2.45) is 10.1 Å². The van der Waals surface area contributed by atoms with E-state index in [-0.39, 0.29) is 11.9 Å². The van der Waals surface area contributed by atoms with Crippen LogP contribution in [-0.4, -0.2) is 47.1 Å². The van der Waals surface area contributed by atoms with Crippen LogP contribution in [0.1, 0.15) is 57.4 Å². The van der Waals surface area contributed by atoms with Gasteiger partial charge in [-0.15, -0.1) is 0 Å². The molecule has 0 aliphatic heterocycles. The summed E-state index contributed by atoms with van der Waals surface area (Å²) in [5.41, 5.74) is 7.04. The van der Waals surface area contributed by atoms with Crippen molar-refractivity contribution in [3.05, 3.63) is 52.3 Å². The Morgan fingerprint density at radius 2 is 2.06 bits per heavy atom. The van der Waals surface area contributed by atoms with E-state index in [2.05, 4.69) is 25.8 Å². The maximum atomic E-state index is 12.3. The molecule has 1 aliphatic carbocycles. The first-order valence-corrected chi connectivity index (χ1v) is 11.3. The molecule has 3 rings (SSSR count). The minimum absolute atomic E-state index is 0.0739. The Labute approximate surface area is 185 Å². The molecule has 3 N–H and O–H groups in total. The molecule has 1 amide bonds. The third kappa shape index (κ3) is 6.21. The summed E-state index contributed by atoms with van der Waals surface area (Å²) in [5, 5.41) is 7.78. The highest BCUT2D eigenvalue weighted by atomic mass is 32.2. The summed E-state index contributed by atoms with van der Waals surface area (Å²) >= 11 is 1.40. The summed E-state index contributed by atoms with van der Waals surface area (Å²) in [5.74, 6) is -0.438. The van der Waals surface area contributed by atoms with Gasteiger partial charge in [0, 0.05) is 17.3 Å². The topological polar surface area (TPSA) is 108 Å². The van der Waals surface area contributed by atoms with Crippen LogP contribution in [0.15, 0.2) is 34.4 Å². The maximum absolute atomic E-state index is 12.3. The second-order valence-corrected chi connectivity index (χ2v) is 8.02. The zero-order valence-corrected chi connectivity index (χ0v) is 18.9. The fraction of sp³-hybridized carbons (Fsp3) is 0.364. The first kappa shape index (κ1) is 22.6. The van der Waals surface area contributed by atoms with E-state index in [9.17, 15) is 9.59 Å². The number of aliphatic imine (C=N–C) groups is 1. The Morgan fingerprint density at radius 1 is 1.29 bits per heavy atom. The molecule has 0 unspecified atom stereocenters. The standard InChI is InChI=1S/C22H27N5O3S/c1-5-30-21(29)18-11-17(24-14(18)3)12-23-27-22(31-4)26-19-10-15(7-6-13(19)2)20(28)25-16-8-9-16/h6-7,10-12,16,24H,5,8-9H2,1-4H3,(H,25,28)(H,26,27). The number of aryl methyl sites for hydroxylation is 2. The van der Waals surface area contributed by atoms with Gasteiger partial charge in [-0.05, 0) is 63.6 Å². The minimum atomic E-state index is -0.365. The average Bonchev–Trinajstić information content (AvgIpc) is 3.48. The number of thioether (sulfide) groups is 1. The Morgan fingerprint density at radius 3 is 2.74 bits per heavy atom. The zero-order valence-electron chi connectivity index (χ0n) is 18.1. The normalized spacial score (nSPS) is 14.0. The molecule has 0 spiro atoms. The van der Waals surface area contributed by atoms with Crippen LogP contribution in [0.5, 0.6) is 0 Å². The first-order valence-electron chi connectivity index (χ1n) is 10.1. The molecule has 1 aromatic carbocycles. The largest absolute Gasteiger partial charge is 0.462 e. The molecule has 0 bridgehead atoms. The number of hydrogen-bond donors (Lipinski definition) is 3. The number of ether oxygens (including phenoxy) is 1. The van der Waals surface area contributed by atoms with Gasteiger partial charge in [0.1, 0.15) is 0 Å². The SMILES string of the molecule is CCOC(=O)c1cc(C=NNC(=Nc2cc(C(=O)NC3CC3)ccc2C)SC)[nH]c1C. The van der Waals surface area contributed by atoms with E-state index >= 15 is 0 Å². The third-order valence-electron chi connectivity index (χ3n) is 4.69. The van der Waals surface area contributed by atoms with Crippen LogP contribution in [0, 0.1) is 13.8 Å². The molecule has 31 heavy (non-hydrogen) atoms. The Kier molecular flexibility index (Phi) is 7.51. The van der Waals surface area contributed by atoms with E-state index in [1.807, 2.05) is 25.3 Å². The third-order valence-corrected chi connectivity index (χ3v) is 5.26. The van der Waals surface area contributed by atoms with Gasteiger partial charge in [-0.25, -0.2) is 9.79 Å². The maximum Gasteiger partial charge on any atom is 0.339 e. The minimum Gasteiger partial charge on any atom is -0.462 e. The first-order chi connectivity index (χ1) is 14.9. The van der Waals surface area contributed by atoms with Gasteiger partial charge in [0.05, 0.1) is 29.8 Å². The van der Waals surface area contributed by atoms with Crippen LogP contribution in [0.25, 0.3) is 0 Å². The van der Waals surface area contributed by atoms with Gasteiger partial charge in [0.25, 0.3) is 5.91 Å². The monoisotopic (exact) mass is 441 g/mol. The second-order valence-electron chi connectivity index (χ2n) is 7.22. The molecule has 8 nitrogen and oxygen atoms in total. The van der Waals surface area contributed by atoms with Crippen LogP contribution in [0.3, 0.4) is 0 Å². The molecular formula is C22H27N5O3S. The lowest BCUT2D eigenvalue weighted by Gasteiger charge is -2.08. The van der Waals surface area contributed by atoms with Gasteiger partial charge >= 0.3 is 5.97 Å². The molecule has 1 fully saturated rings. The van der Waals surface area contributed by atoms with E-state index in [4.69, 9.17) is 4.74 Å². The van der Waals surface area contributed by atoms with Crippen molar-refractivity contribution in [2.45, 2.75) is 39.7 Å². The predicted octanol–water partition coefficient (Wildman–Crippen LogP) is 3.67. The number of amides is 1. The summed E-state index contributed by atoms with van der Waals surface area (Å²) < 4.78 is 5.04. The number of nitrogens with one attached hydrogen (secondary N) is 3. The molecule has 0 radical (unpaired) electrons. The molecular weight excluding hydrogens is 414 g/mol. The number of carbonyl (C=O) groups excluding carboxylic acids is 2. The lowest BCUT2D eigenvalue weighted by Crippen LogP contribution is -2.25. The van der Waals surface area contributed by atoms with Crippen LogP contribution in [0.4, 0.5) is 5.69 Å². The van der Waals surface area contributed by atoms with Gasteiger partial charge < -0.3 is 15.0 Å². The fourth-order valence-corrected chi connectivity index (χ4v) is 3.16. The van der Waals surface area contributed by atoms with Crippen molar-refractivity contribution in [2.75, 3.05) is 12.9 Å². The number of amidine groups is 1. The van der Waals surface area contributed by atoms with E-state index < -0.39 is 0 Å². The summed E-state index contributed by atoms with van der Waals surface area (Å²) in [7, 11) is 0. The highest BCUT2D eigenvalue weighted by Crippen LogP contribution is 2.23. The van der Waals surface area contributed by atoms with Crippen molar-refractivity contribution in [1.82, 2.24) is 15.7 Å². The number of nitrogens with zero attached hydrogens (tertiary/aromatic N) is 2. The van der Waals surface area contributed by atoms with E-state index in [1.165, 1.54) is 11.8 Å². The van der Waals surface area contributed by atoms with E-state index in [0.717, 1.165) is 24.1 Å². The molecule has 9 heteroatoms. The van der Waals surface area contributed by atoms with Crippen LogP contribution in [0.2, 0.25) is 0 Å². The molecule has 1 saturated carbocycles. The van der Waals surface area contributed by atoms with Gasteiger partial charge in [0.15, 0.2) is 5.17 Å². The molecule has 1 aliphatic rings. The summed E-state index contributed by atoms with van der Waals surface area (Å²) in [6, 6.07) is 7.49. The average molecular weight is 442 g/mol. The Balaban J connectivity index is 1.70. The number of aromatic amines is 1. The molecule has 1 heterocycles. The van der Waals surface area contributed by atoms with Crippen molar-refractivity contribution < 1.29 is 14.3 Å². The summed E-state index contributed by atoms with van der Waals surface area (Å²) in [6.45, 7) is 5.85. The summed E-state index contributed by atoms with van der Waals surface area (Å²) in [6.07, 6.45) is 5.55. The number of esters is 1. The van der Waals surface area contributed by atoms with Crippen LogP contribution in [-0.2, 0) is 4.74 Å². The zero-order chi connectivity index (χ0) is 22.4. The van der Waals surface area contributed by atoms with E-state index in [0.29, 0.717) is 40.3 Å². The number of benzene rings is 1. The molecule has 164 valence electrons. The lowest BCUT2D eigenvalue weighted by molar-refractivity contribution is 0.0525.